The maximum absolute atomic E-state index is 6.59. The van der Waals surface area contributed by atoms with Crippen molar-refractivity contribution in [1.29, 1.82) is 0 Å². The van der Waals surface area contributed by atoms with Crippen molar-refractivity contribution in [3.8, 4) is 0 Å². The second kappa shape index (κ2) is 11.8. The molecule has 0 aromatic heterocycles. The van der Waals surface area contributed by atoms with E-state index in [0.29, 0.717) is 26.4 Å². The van der Waals surface area contributed by atoms with Gasteiger partial charge in [0.25, 0.3) is 0 Å². The largest absolute Gasteiger partial charge is 0.374 e. The Morgan fingerprint density at radius 3 is 1.53 bits per heavy atom. The van der Waals surface area contributed by atoms with Crippen LogP contribution in [0.5, 0.6) is 0 Å². The van der Waals surface area contributed by atoms with Gasteiger partial charge < -0.3 is 18.9 Å². The van der Waals surface area contributed by atoms with Gasteiger partial charge in [0.05, 0.1) is 32.5 Å². The molecule has 0 spiro atoms. The summed E-state index contributed by atoms with van der Waals surface area (Å²) >= 11 is 0. The summed E-state index contributed by atoms with van der Waals surface area (Å²) in [6.45, 7) is 8.60. The number of ether oxygens (including phenoxy) is 4. The van der Waals surface area contributed by atoms with Gasteiger partial charge in [-0.3, -0.25) is 0 Å². The van der Waals surface area contributed by atoms with Crippen LogP contribution < -0.4 is 0 Å². The standard InChI is InChI=1S/C30H36O4/c1-30(2,3)29-28(33-21-25-17-11-6-12-18-25)27(32-20-24-15-9-5-10-16-24)26(34-29)22-31-19-23-13-7-4-8-14-23/h4-18,26-29H,19-22H2,1-3H3. The molecule has 1 fully saturated rings. The molecular weight excluding hydrogens is 424 g/mol. The van der Waals surface area contributed by atoms with Gasteiger partial charge in [-0.1, -0.05) is 112 Å². The normalized spacial score (nSPS) is 22.7. The molecule has 0 N–H and O–H groups in total. The molecule has 0 bridgehead atoms. The number of benzene rings is 3. The van der Waals surface area contributed by atoms with Crippen LogP contribution >= 0.6 is 0 Å². The maximum atomic E-state index is 6.59. The molecule has 3 aromatic rings. The lowest BCUT2D eigenvalue weighted by molar-refractivity contribution is -0.0948. The molecule has 4 atom stereocenters. The monoisotopic (exact) mass is 460 g/mol. The van der Waals surface area contributed by atoms with Crippen molar-refractivity contribution in [2.24, 2.45) is 5.41 Å². The van der Waals surface area contributed by atoms with Crippen molar-refractivity contribution in [1.82, 2.24) is 0 Å². The Balaban J connectivity index is 1.49. The van der Waals surface area contributed by atoms with Crippen LogP contribution in [0, 0.1) is 5.41 Å². The van der Waals surface area contributed by atoms with Crippen LogP contribution in [0.15, 0.2) is 91.0 Å². The average molecular weight is 461 g/mol. The molecule has 1 saturated heterocycles. The highest BCUT2D eigenvalue weighted by Gasteiger charge is 2.50. The number of hydrogen-bond acceptors (Lipinski definition) is 4. The Labute approximate surface area is 203 Å². The summed E-state index contributed by atoms with van der Waals surface area (Å²) in [5.41, 5.74) is 3.31. The van der Waals surface area contributed by atoms with E-state index in [-0.39, 0.29) is 29.8 Å². The third-order valence-electron chi connectivity index (χ3n) is 6.13. The summed E-state index contributed by atoms with van der Waals surface area (Å²) in [6.07, 6.45) is -0.752. The fraction of sp³-hybridized carbons (Fsp3) is 0.400. The van der Waals surface area contributed by atoms with E-state index in [4.69, 9.17) is 18.9 Å². The van der Waals surface area contributed by atoms with Crippen LogP contribution in [0.3, 0.4) is 0 Å². The molecule has 1 aliphatic heterocycles. The molecule has 4 unspecified atom stereocenters. The van der Waals surface area contributed by atoms with E-state index >= 15 is 0 Å². The molecule has 0 aliphatic carbocycles. The van der Waals surface area contributed by atoms with Gasteiger partial charge in [0.2, 0.25) is 0 Å². The van der Waals surface area contributed by atoms with E-state index in [1.807, 2.05) is 54.6 Å². The molecule has 4 nitrogen and oxygen atoms in total. The summed E-state index contributed by atoms with van der Waals surface area (Å²) in [5.74, 6) is 0. The summed E-state index contributed by atoms with van der Waals surface area (Å²) in [4.78, 5) is 0. The van der Waals surface area contributed by atoms with Gasteiger partial charge in [0, 0.05) is 0 Å². The van der Waals surface area contributed by atoms with Crippen molar-refractivity contribution in [3.63, 3.8) is 0 Å². The Morgan fingerprint density at radius 1 is 0.618 bits per heavy atom. The zero-order valence-electron chi connectivity index (χ0n) is 20.4. The maximum Gasteiger partial charge on any atom is 0.115 e. The molecule has 0 amide bonds. The average Bonchev–Trinajstić information content (AvgIpc) is 3.21. The van der Waals surface area contributed by atoms with Crippen LogP contribution in [-0.4, -0.2) is 31.0 Å². The Kier molecular flexibility index (Phi) is 8.52. The highest BCUT2D eigenvalue weighted by Crippen LogP contribution is 2.38. The zero-order valence-corrected chi connectivity index (χ0v) is 20.4. The van der Waals surface area contributed by atoms with Gasteiger partial charge in [-0.15, -0.1) is 0 Å². The number of rotatable bonds is 10. The van der Waals surface area contributed by atoms with Crippen molar-refractivity contribution in [3.05, 3.63) is 108 Å². The van der Waals surface area contributed by atoms with E-state index in [9.17, 15) is 0 Å². The Morgan fingerprint density at radius 2 is 1.06 bits per heavy atom. The minimum Gasteiger partial charge on any atom is -0.374 e. The van der Waals surface area contributed by atoms with Gasteiger partial charge in [0.15, 0.2) is 0 Å². The minimum atomic E-state index is -0.232. The fourth-order valence-corrected chi connectivity index (χ4v) is 4.34. The van der Waals surface area contributed by atoms with Crippen LogP contribution in [0.2, 0.25) is 0 Å². The van der Waals surface area contributed by atoms with E-state index in [0.717, 1.165) is 16.7 Å². The molecule has 1 heterocycles. The lowest BCUT2D eigenvalue weighted by atomic mass is 9.85. The van der Waals surface area contributed by atoms with Gasteiger partial charge in [-0.25, -0.2) is 0 Å². The van der Waals surface area contributed by atoms with Crippen LogP contribution in [-0.2, 0) is 38.8 Å². The first-order chi connectivity index (χ1) is 16.5. The molecule has 4 heteroatoms. The van der Waals surface area contributed by atoms with Crippen LogP contribution in [0.25, 0.3) is 0 Å². The molecule has 0 radical (unpaired) electrons. The van der Waals surface area contributed by atoms with E-state index < -0.39 is 0 Å². The summed E-state index contributed by atoms with van der Waals surface area (Å²) < 4.78 is 25.7. The lowest BCUT2D eigenvalue weighted by Gasteiger charge is -2.32. The molecular formula is C30H36O4. The Hall–Kier alpha value is -2.50. The third-order valence-corrected chi connectivity index (χ3v) is 6.13. The fourth-order valence-electron chi connectivity index (χ4n) is 4.34. The first-order valence-corrected chi connectivity index (χ1v) is 12.1. The van der Waals surface area contributed by atoms with Crippen LogP contribution in [0.1, 0.15) is 37.5 Å². The predicted molar refractivity (Wildman–Crippen MR) is 134 cm³/mol. The SMILES string of the molecule is CC(C)(C)C1OC(COCc2ccccc2)C(OCc2ccccc2)C1OCc1ccccc1. The molecule has 180 valence electrons. The molecule has 0 saturated carbocycles. The summed E-state index contributed by atoms with van der Waals surface area (Å²) in [7, 11) is 0. The van der Waals surface area contributed by atoms with Gasteiger partial charge in [0.1, 0.15) is 18.3 Å². The van der Waals surface area contributed by atoms with E-state index in [2.05, 4.69) is 57.2 Å². The van der Waals surface area contributed by atoms with E-state index in [1.54, 1.807) is 0 Å². The van der Waals surface area contributed by atoms with Crippen LogP contribution in [0.4, 0.5) is 0 Å². The number of hydrogen-bond donors (Lipinski definition) is 0. The highest BCUT2D eigenvalue weighted by atomic mass is 16.6. The quantitative estimate of drug-likeness (QED) is 0.362. The second-order valence-corrected chi connectivity index (χ2v) is 9.98. The van der Waals surface area contributed by atoms with Gasteiger partial charge in [-0.2, -0.15) is 0 Å². The third kappa shape index (κ3) is 6.77. The molecule has 34 heavy (non-hydrogen) atoms. The van der Waals surface area contributed by atoms with Crippen molar-refractivity contribution in [2.45, 2.75) is 65.0 Å². The van der Waals surface area contributed by atoms with Crippen molar-refractivity contribution in [2.75, 3.05) is 6.61 Å². The van der Waals surface area contributed by atoms with E-state index in [1.165, 1.54) is 0 Å². The Bertz CT molecular complexity index is 969. The molecule has 1 aliphatic rings. The summed E-state index contributed by atoms with van der Waals surface area (Å²) in [5, 5.41) is 0. The van der Waals surface area contributed by atoms with Gasteiger partial charge >= 0.3 is 0 Å². The summed E-state index contributed by atoms with van der Waals surface area (Å²) in [6, 6.07) is 30.7. The van der Waals surface area contributed by atoms with Crippen molar-refractivity contribution >= 4 is 0 Å². The van der Waals surface area contributed by atoms with Gasteiger partial charge in [-0.05, 0) is 22.1 Å². The minimum absolute atomic E-state index is 0.107. The van der Waals surface area contributed by atoms with Crippen molar-refractivity contribution < 1.29 is 18.9 Å². The first-order valence-electron chi connectivity index (χ1n) is 12.1. The lowest BCUT2D eigenvalue weighted by Crippen LogP contribution is -2.42. The second-order valence-electron chi connectivity index (χ2n) is 9.98. The predicted octanol–water partition coefficient (Wildman–Crippen LogP) is 6.19. The smallest absolute Gasteiger partial charge is 0.115 e. The molecule has 3 aromatic carbocycles. The topological polar surface area (TPSA) is 36.9 Å². The zero-order chi connectivity index (χ0) is 23.8. The first kappa shape index (κ1) is 24.6. The highest BCUT2D eigenvalue weighted by molar-refractivity contribution is 5.15. The molecule has 4 rings (SSSR count).